The summed E-state index contributed by atoms with van der Waals surface area (Å²) in [4.78, 5) is 18.3. The van der Waals surface area contributed by atoms with E-state index in [1.165, 1.54) is 24.4 Å². The summed E-state index contributed by atoms with van der Waals surface area (Å²) >= 11 is 0. The molecule has 8 heteroatoms. The third kappa shape index (κ3) is 4.90. The van der Waals surface area contributed by atoms with Gasteiger partial charge in [-0.3, -0.25) is 4.79 Å². The summed E-state index contributed by atoms with van der Waals surface area (Å²) in [6.45, 7) is 3.45. The minimum absolute atomic E-state index is 0.152. The maximum atomic E-state index is 12.0. The number of benzene rings is 1. The number of aliphatic hydroxyl groups is 1. The molecule has 0 unspecified atom stereocenters. The second-order valence-electron chi connectivity index (χ2n) is 6.15. The van der Waals surface area contributed by atoms with Gasteiger partial charge in [0.25, 0.3) is 0 Å². The predicted molar refractivity (Wildman–Crippen MR) is 89.4 cm³/mol. The highest BCUT2D eigenvalue weighted by atomic mass is 32.2. The largest absolute Gasteiger partial charge is 0.393 e. The minimum Gasteiger partial charge on any atom is -0.393 e. The highest BCUT2D eigenvalue weighted by molar-refractivity contribution is 7.90. The Morgan fingerprint density at radius 2 is 1.83 bits per heavy atom. The molecule has 0 amide bonds. The Bertz CT molecular complexity index is 865. The molecule has 1 N–H and O–H groups in total. The summed E-state index contributed by atoms with van der Waals surface area (Å²) in [5.74, 6) is 0. The second-order valence-corrected chi connectivity index (χ2v) is 8.16. The van der Waals surface area contributed by atoms with Crippen LogP contribution in [0.15, 0.2) is 46.2 Å². The molecule has 2 rings (SSSR count). The smallest absolute Gasteiger partial charge is 0.303 e. The molecular formula is C16H20N2O5S. The summed E-state index contributed by atoms with van der Waals surface area (Å²) in [6.07, 6.45) is 2.95. The van der Waals surface area contributed by atoms with Gasteiger partial charge in [0.05, 0.1) is 16.7 Å². The van der Waals surface area contributed by atoms with Crippen LogP contribution in [0.25, 0.3) is 11.1 Å². The molecule has 0 atom stereocenters. The van der Waals surface area contributed by atoms with Crippen LogP contribution in [-0.4, -0.2) is 41.9 Å². The van der Waals surface area contributed by atoms with Gasteiger partial charge in [-0.05, 0) is 31.5 Å². The van der Waals surface area contributed by atoms with Gasteiger partial charge in [-0.1, -0.05) is 17.0 Å². The van der Waals surface area contributed by atoms with Crippen LogP contribution in [0.5, 0.6) is 0 Å². The summed E-state index contributed by atoms with van der Waals surface area (Å²) < 4.78 is 22.9. The zero-order valence-electron chi connectivity index (χ0n) is 13.8. The highest BCUT2D eigenvalue weighted by Gasteiger charge is 2.13. The van der Waals surface area contributed by atoms with Gasteiger partial charge in [0.2, 0.25) is 0 Å². The second kappa shape index (κ2) is 6.74. The van der Waals surface area contributed by atoms with Crippen molar-refractivity contribution in [3.63, 3.8) is 0 Å². The molecule has 0 radical (unpaired) electrons. The van der Waals surface area contributed by atoms with Gasteiger partial charge < -0.3 is 9.94 Å². The molecule has 2 aromatic rings. The number of rotatable bonds is 6. The molecule has 7 nitrogen and oxygen atoms in total. The summed E-state index contributed by atoms with van der Waals surface area (Å²) in [6, 6.07) is 7.55. The Kier molecular flexibility index (Phi) is 5.10. The monoisotopic (exact) mass is 352 g/mol. The molecule has 0 aliphatic rings. The quantitative estimate of drug-likeness (QED) is 0.829. The molecule has 0 aliphatic carbocycles. The molecule has 0 spiro atoms. The Morgan fingerprint density at radius 1 is 1.21 bits per heavy atom. The lowest BCUT2D eigenvalue weighted by molar-refractivity contribution is 0.00884. The third-order valence-electron chi connectivity index (χ3n) is 3.31. The van der Waals surface area contributed by atoms with E-state index >= 15 is 0 Å². The van der Waals surface area contributed by atoms with Gasteiger partial charge >= 0.3 is 5.56 Å². The summed E-state index contributed by atoms with van der Waals surface area (Å²) in [5.41, 5.74) is -0.0984. The molecule has 0 saturated heterocycles. The number of hydrogen-bond donors (Lipinski definition) is 1. The average Bonchev–Trinajstić information content (AvgIpc) is 2.47. The molecule has 24 heavy (non-hydrogen) atoms. The topological polar surface area (TPSA) is 98.5 Å². The summed E-state index contributed by atoms with van der Waals surface area (Å²) in [5, 5.41) is 13.5. The van der Waals surface area contributed by atoms with Crippen molar-refractivity contribution < 1.29 is 18.4 Å². The van der Waals surface area contributed by atoms with Crippen LogP contribution in [0.4, 0.5) is 0 Å². The Morgan fingerprint density at radius 3 is 2.33 bits per heavy atom. The van der Waals surface area contributed by atoms with E-state index in [9.17, 15) is 18.3 Å². The van der Waals surface area contributed by atoms with Gasteiger partial charge in [-0.25, -0.2) is 8.42 Å². The molecule has 1 aromatic carbocycles. The van der Waals surface area contributed by atoms with Crippen LogP contribution in [0.2, 0.25) is 0 Å². The van der Waals surface area contributed by atoms with E-state index < -0.39 is 21.0 Å². The minimum atomic E-state index is -3.26. The van der Waals surface area contributed by atoms with Crippen molar-refractivity contribution in [2.24, 2.45) is 0 Å². The van der Waals surface area contributed by atoms with E-state index in [0.29, 0.717) is 17.5 Å². The first-order valence-corrected chi connectivity index (χ1v) is 9.21. The van der Waals surface area contributed by atoms with Gasteiger partial charge in [0.1, 0.15) is 6.61 Å². The maximum Gasteiger partial charge on any atom is 0.303 e. The molecule has 0 bridgehead atoms. The van der Waals surface area contributed by atoms with Gasteiger partial charge in [-0.15, -0.1) is 5.10 Å². The number of aromatic nitrogens is 2. The number of nitrogens with zero attached hydrogens (tertiary/aromatic N) is 2. The van der Waals surface area contributed by atoms with Crippen molar-refractivity contribution in [1.29, 1.82) is 0 Å². The van der Waals surface area contributed by atoms with Gasteiger partial charge in [-0.2, -0.15) is 0 Å². The zero-order chi connectivity index (χ0) is 18.0. The normalized spacial score (nSPS) is 12.2. The van der Waals surface area contributed by atoms with Crippen LogP contribution in [0.1, 0.15) is 20.3 Å². The van der Waals surface area contributed by atoms with Crippen molar-refractivity contribution in [2.75, 3.05) is 12.9 Å². The highest BCUT2D eigenvalue weighted by Crippen LogP contribution is 2.19. The van der Waals surface area contributed by atoms with E-state index in [0.717, 1.165) is 11.1 Å². The molecule has 1 aromatic heterocycles. The maximum absolute atomic E-state index is 12.0. The van der Waals surface area contributed by atoms with E-state index in [2.05, 4.69) is 5.10 Å². The first-order valence-electron chi connectivity index (χ1n) is 7.32. The standard InChI is InChI=1S/C16H20N2O5S/c1-16(2,20)8-9-23-18-15(19)10-13(11-17-18)12-4-6-14(7-5-12)24(3,21)22/h4-7,10-11,20H,8-9H2,1-3H3. The van der Waals surface area contributed by atoms with Crippen molar-refractivity contribution in [3.05, 3.63) is 46.9 Å². The van der Waals surface area contributed by atoms with Crippen LogP contribution >= 0.6 is 0 Å². The van der Waals surface area contributed by atoms with Crippen molar-refractivity contribution in [1.82, 2.24) is 9.94 Å². The molecule has 130 valence electrons. The number of hydrogen-bond acceptors (Lipinski definition) is 6. The third-order valence-corrected chi connectivity index (χ3v) is 4.44. The lowest BCUT2D eigenvalue weighted by Gasteiger charge is -2.16. The van der Waals surface area contributed by atoms with Crippen LogP contribution in [0.3, 0.4) is 0 Å². The SMILES string of the molecule is CC(C)(O)CCOn1ncc(-c2ccc(S(C)(=O)=O)cc2)cc1=O. The Balaban J connectivity index is 2.16. The molecule has 0 fully saturated rings. The lowest BCUT2D eigenvalue weighted by atomic mass is 10.1. The zero-order valence-corrected chi connectivity index (χ0v) is 14.6. The van der Waals surface area contributed by atoms with Crippen LogP contribution < -0.4 is 10.4 Å². The fourth-order valence-corrected chi connectivity index (χ4v) is 2.56. The van der Waals surface area contributed by atoms with E-state index in [1.807, 2.05) is 0 Å². The van der Waals surface area contributed by atoms with E-state index in [4.69, 9.17) is 4.84 Å². The molecular weight excluding hydrogens is 332 g/mol. The fourth-order valence-electron chi connectivity index (χ4n) is 1.93. The van der Waals surface area contributed by atoms with Crippen molar-refractivity contribution >= 4 is 9.84 Å². The van der Waals surface area contributed by atoms with E-state index in [-0.39, 0.29) is 11.5 Å². The molecule has 0 aliphatic heterocycles. The van der Waals surface area contributed by atoms with Crippen LogP contribution in [0, 0.1) is 0 Å². The lowest BCUT2D eigenvalue weighted by Crippen LogP contribution is -2.32. The first-order chi connectivity index (χ1) is 11.1. The summed E-state index contributed by atoms with van der Waals surface area (Å²) in [7, 11) is -3.26. The fraction of sp³-hybridized carbons (Fsp3) is 0.375. The van der Waals surface area contributed by atoms with Crippen molar-refractivity contribution in [3.8, 4) is 11.1 Å². The number of sulfone groups is 1. The predicted octanol–water partition coefficient (Wildman–Crippen LogP) is 0.903. The Labute approximate surface area is 140 Å². The Hall–Kier alpha value is -2.19. The molecule has 0 saturated carbocycles. The van der Waals surface area contributed by atoms with Crippen molar-refractivity contribution in [2.45, 2.75) is 30.8 Å². The first kappa shape index (κ1) is 18.2. The van der Waals surface area contributed by atoms with Gasteiger partial charge in [0.15, 0.2) is 9.84 Å². The van der Waals surface area contributed by atoms with E-state index in [1.54, 1.807) is 26.0 Å². The average molecular weight is 352 g/mol. The van der Waals surface area contributed by atoms with Gasteiger partial charge in [0, 0.05) is 24.3 Å². The van der Waals surface area contributed by atoms with Crippen LogP contribution in [-0.2, 0) is 9.84 Å². The molecule has 1 heterocycles.